The number of aryl methyl sites for hydroxylation is 1. The Morgan fingerprint density at radius 2 is 2.32 bits per heavy atom. The molecular formula is C15H15N3O3S. The van der Waals surface area contributed by atoms with Gasteiger partial charge in [0.2, 0.25) is 0 Å². The zero-order chi connectivity index (χ0) is 15.7. The van der Waals surface area contributed by atoms with E-state index in [9.17, 15) is 9.59 Å². The summed E-state index contributed by atoms with van der Waals surface area (Å²) in [5.74, 6) is 0.351. The van der Waals surface area contributed by atoms with Gasteiger partial charge in [-0.1, -0.05) is 11.8 Å². The highest BCUT2D eigenvalue weighted by Crippen LogP contribution is 2.30. The molecule has 2 heterocycles. The van der Waals surface area contributed by atoms with Crippen LogP contribution in [0.2, 0.25) is 0 Å². The number of rotatable bonds is 4. The lowest BCUT2D eigenvalue weighted by atomic mass is 10.1. The molecule has 0 spiro atoms. The van der Waals surface area contributed by atoms with Crippen molar-refractivity contribution in [1.29, 1.82) is 0 Å². The maximum Gasteiger partial charge on any atom is 0.262 e. The molecular weight excluding hydrogens is 302 g/mol. The van der Waals surface area contributed by atoms with Crippen molar-refractivity contribution in [2.75, 3.05) is 11.9 Å². The largest absolute Gasteiger partial charge is 0.482 e. The van der Waals surface area contributed by atoms with Crippen LogP contribution in [0, 0.1) is 0 Å². The van der Waals surface area contributed by atoms with Crippen molar-refractivity contribution in [3.8, 4) is 5.75 Å². The van der Waals surface area contributed by atoms with Crippen LogP contribution in [0.4, 0.5) is 5.69 Å². The Kier molecular flexibility index (Phi) is 3.89. The van der Waals surface area contributed by atoms with Crippen LogP contribution in [0.15, 0.2) is 35.7 Å². The minimum atomic E-state index is -0.278. The second-order valence-electron chi connectivity index (χ2n) is 4.99. The number of ketones is 1. The minimum absolute atomic E-state index is 0.00566. The molecule has 1 atom stereocenters. The Morgan fingerprint density at radius 3 is 3.05 bits per heavy atom. The van der Waals surface area contributed by atoms with Gasteiger partial charge >= 0.3 is 0 Å². The molecule has 1 amide bonds. The zero-order valence-electron chi connectivity index (χ0n) is 12.2. The average Bonchev–Trinajstić information content (AvgIpc) is 2.90. The van der Waals surface area contributed by atoms with Gasteiger partial charge in [-0.25, -0.2) is 4.98 Å². The summed E-state index contributed by atoms with van der Waals surface area (Å²) in [5, 5.41) is 3.22. The number of fused-ring (bicyclic) bond motifs is 1. The maximum absolute atomic E-state index is 12.5. The number of aromatic nitrogens is 2. The van der Waals surface area contributed by atoms with E-state index in [4.69, 9.17) is 4.74 Å². The monoisotopic (exact) mass is 317 g/mol. The summed E-state index contributed by atoms with van der Waals surface area (Å²) >= 11 is 1.40. The molecule has 6 nitrogen and oxygen atoms in total. The molecule has 3 rings (SSSR count). The molecule has 7 heteroatoms. The topological polar surface area (TPSA) is 73.2 Å². The number of hydrogen-bond acceptors (Lipinski definition) is 5. The molecule has 1 aromatic heterocycles. The molecule has 1 N–H and O–H groups in total. The molecule has 1 aliphatic rings. The third kappa shape index (κ3) is 2.85. The molecule has 1 aliphatic heterocycles. The van der Waals surface area contributed by atoms with E-state index >= 15 is 0 Å². The van der Waals surface area contributed by atoms with Crippen LogP contribution >= 0.6 is 11.8 Å². The summed E-state index contributed by atoms with van der Waals surface area (Å²) in [6.45, 7) is 1.85. The van der Waals surface area contributed by atoms with Crippen LogP contribution < -0.4 is 10.1 Å². The van der Waals surface area contributed by atoms with Crippen LogP contribution in [0.5, 0.6) is 5.75 Å². The number of carbonyl (C=O) groups excluding carboxylic acids is 2. The fourth-order valence-corrected chi connectivity index (χ4v) is 3.06. The normalized spacial score (nSPS) is 14.7. The second kappa shape index (κ2) is 5.84. The van der Waals surface area contributed by atoms with Crippen LogP contribution in [0.1, 0.15) is 17.3 Å². The Hall–Kier alpha value is -2.28. The number of benzene rings is 1. The van der Waals surface area contributed by atoms with Gasteiger partial charge in [0.05, 0.1) is 10.9 Å². The van der Waals surface area contributed by atoms with Crippen molar-refractivity contribution in [3.63, 3.8) is 0 Å². The van der Waals surface area contributed by atoms with Crippen molar-refractivity contribution in [2.24, 2.45) is 7.05 Å². The molecule has 114 valence electrons. The van der Waals surface area contributed by atoms with Gasteiger partial charge in [0, 0.05) is 25.0 Å². The first-order valence-electron chi connectivity index (χ1n) is 6.79. The predicted octanol–water partition coefficient (Wildman–Crippen LogP) is 2.11. The highest BCUT2D eigenvalue weighted by Gasteiger charge is 2.22. The Morgan fingerprint density at radius 1 is 1.50 bits per heavy atom. The summed E-state index contributed by atoms with van der Waals surface area (Å²) in [6.07, 6.45) is 3.54. The number of hydrogen-bond donors (Lipinski definition) is 1. The van der Waals surface area contributed by atoms with Crippen molar-refractivity contribution in [1.82, 2.24) is 9.55 Å². The SMILES string of the molecule is CC(Sc1nccn1C)C(=O)c1ccc2c(c1)NC(=O)CO2. The number of nitrogens with zero attached hydrogens (tertiary/aromatic N) is 2. The van der Waals surface area contributed by atoms with Crippen LogP contribution in [-0.4, -0.2) is 33.1 Å². The first-order valence-corrected chi connectivity index (χ1v) is 7.67. The summed E-state index contributed by atoms with van der Waals surface area (Å²) in [6, 6.07) is 5.08. The highest BCUT2D eigenvalue weighted by atomic mass is 32.2. The van der Waals surface area contributed by atoms with Gasteiger partial charge < -0.3 is 14.6 Å². The lowest BCUT2D eigenvalue weighted by molar-refractivity contribution is -0.118. The van der Waals surface area contributed by atoms with Gasteiger partial charge in [0.1, 0.15) is 5.75 Å². The summed E-state index contributed by atoms with van der Waals surface area (Å²) in [7, 11) is 1.89. The number of ether oxygens (including phenoxy) is 1. The average molecular weight is 317 g/mol. The minimum Gasteiger partial charge on any atom is -0.482 e. The van der Waals surface area contributed by atoms with Crippen LogP contribution in [0.3, 0.4) is 0 Å². The Bertz CT molecular complexity index is 741. The smallest absolute Gasteiger partial charge is 0.262 e. The van der Waals surface area contributed by atoms with E-state index in [-0.39, 0.29) is 23.5 Å². The number of carbonyl (C=O) groups is 2. The quantitative estimate of drug-likeness (QED) is 0.690. The van der Waals surface area contributed by atoms with E-state index in [1.807, 2.05) is 24.7 Å². The molecule has 1 aromatic carbocycles. The fourth-order valence-electron chi connectivity index (χ4n) is 2.15. The van der Waals surface area contributed by atoms with E-state index in [2.05, 4.69) is 10.3 Å². The molecule has 1 unspecified atom stereocenters. The zero-order valence-corrected chi connectivity index (χ0v) is 13.0. The second-order valence-corrected chi connectivity index (χ2v) is 6.30. The molecule has 0 fully saturated rings. The van der Waals surface area contributed by atoms with Crippen LogP contribution in [0.25, 0.3) is 0 Å². The van der Waals surface area contributed by atoms with E-state index in [0.717, 1.165) is 5.16 Å². The van der Waals surface area contributed by atoms with Gasteiger partial charge in [-0.05, 0) is 25.1 Å². The standard InChI is InChI=1S/C15H15N3O3S/c1-9(22-15-16-5-6-18(15)2)14(20)10-3-4-12-11(7-10)17-13(19)8-21-12/h3-7,9H,8H2,1-2H3,(H,17,19). The molecule has 0 radical (unpaired) electrons. The summed E-state index contributed by atoms with van der Waals surface area (Å²) in [4.78, 5) is 28.1. The molecule has 0 bridgehead atoms. The summed E-state index contributed by atoms with van der Waals surface area (Å²) in [5.41, 5.74) is 1.08. The first kappa shape index (κ1) is 14.6. The lowest BCUT2D eigenvalue weighted by Crippen LogP contribution is -2.25. The van der Waals surface area contributed by atoms with E-state index in [0.29, 0.717) is 17.0 Å². The van der Waals surface area contributed by atoms with Gasteiger partial charge in [-0.2, -0.15) is 0 Å². The predicted molar refractivity (Wildman–Crippen MR) is 83.4 cm³/mol. The number of Topliss-reactive ketones (excluding diaryl/α,β-unsaturated/α-hetero) is 1. The number of anilines is 1. The summed E-state index contributed by atoms with van der Waals surface area (Å²) < 4.78 is 7.16. The number of imidazole rings is 1. The van der Waals surface area contributed by atoms with Crippen molar-refractivity contribution in [2.45, 2.75) is 17.3 Å². The lowest BCUT2D eigenvalue weighted by Gasteiger charge is -2.19. The van der Waals surface area contributed by atoms with Gasteiger partial charge in [0.15, 0.2) is 17.5 Å². The van der Waals surface area contributed by atoms with Crippen molar-refractivity contribution in [3.05, 3.63) is 36.2 Å². The Balaban J connectivity index is 1.78. The van der Waals surface area contributed by atoms with Crippen molar-refractivity contribution >= 4 is 29.1 Å². The molecule has 0 saturated heterocycles. The van der Waals surface area contributed by atoms with Gasteiger partial charge in [-0.3, -0.25) is 9.59 Å². The molecule has 2 aromatic rings. The van der Waals surface area contributed by atoms with Crippen molar-refractivity contribution < 1.29 is 14.3 Å². The van der Waals surface area contributed by atoms with E-state index in [1.54, 1.807) is 24.4 Å². The highest BCUT2D eigenvalue weighted by molar-refractivity contribution is 8.00. The van der Waals surface area contributed by atoms with Gasteiger partial charge in [-0.15, -0.1) is 0 Å². The van der Waals surface area contributed by atoms with E-state index < -0.39 is 0 Å². The molecule has 0 saturated carbocycles. The third-order valence-electron chi connectivity index (χ3n) is 3.33. The molecule has 22 heavy (non-hydrogen) atoms. The van der Waals surface area contributed by atoms with E-state index in [1.165, 1.54) is 11.8 Å². The number of thioether (sulfide) groups is 1. The Labute approximate surface area is 131 Å². The number of nitrogens with one attached hydrogen (secondary N) is 1. The molecule has 0 aliphatic carbocycles. The van der Waals surface area contributed by atoms with Crippen LogP contribution in [-0.2, 0) is 11.8 Å². The third-order valence-corrected chi connectivity index (χ3v) is 4.50. The fraction of sp³-hybridized carbons (Fsp3) is 0.267. The first-order chi connectivity index (χ1) is 10.5. The number of amides is 1. The maximum atomic E-state index is 12.5. The van der Waals surface area contributed by atoms with Gasteiger partial charge in [0.25, 0.3) is 5.91 Å².